The van der Waals surface area contributed by atoms with E-state index in [1.807, 2.05) is 4.90 Å². The third-order valence-corrected chi connectivity index (χ3v) is 6.07. The van der Waals surface area contributed by atoms with Crippen molar-refractivity contribution in [2.75, 3.05) is 19.7 Å². The lowest BCUT2D eigenvalue weighted by Gasteiger charge is -2.15. The normalized spacial score (nSPS) is 16.6. The third-order valence-electron chi connectivity index (χ3n) is 6.07. The van der Waals surface area contributed by atoms with Crippen LogP contribution in [0.4, 0.5) is 0 Å². The zero-order valence-electron chi connectivity index (χ0n) is 19.4. The molecule has 1 aliphatic rings. The minimum Gasteiger partial charge on any atom is -0.465 e. The summed E-state index contributed by atoms with van der Waals surface area (Å²) in [6, 6.07) is 0. The number of carbonyl (C=O) groups is 2. The fourth-order valence-corrected chi connectivity index (χ4v) is 4.08. The highest BCUT2D eigenvalue weighted by Crippen LogP contribution is 2.20. The summed E-state index contributed by atoms with van der Waals surface area (Å²) in [6.07, 6.45) is 20.9. The molecular formula is C25H47NO3. The molecule has 0 aromatic rings. The molecule has 29 heavy (non-hydrogen) atoms. The summed E-state index contributed by atoms with van der Waals surface area (Å²) in [6.45, 7) is 6.22. The maximum Gasteiger partial charge on any atom is 0.311 e. The molecule has 1 amide bonds. The Morgan fingerprint density at radius 1 is 0.793 bits per heavy atom. The van der Waals surface area contributed by atoms with Crippen LogP contribution < -0.4 is 0 Å². The standard InChI is InChI=1S/C25H47NO3/c1-3-5-7-8-9-10-11-12-13-14-15-16-17-18-20-29-25(28)23-21-24(27)26(22-23)19-6-4-2/h23H,3-22H2,1-2H3. The first-order valence-corrected chi connectivity index (χ1v) is 12.6. The topological polar surface area (TPSA) is 46.6 Å². The highest BCUT2D eigenvalue weighted by atomic mass is 16.5. The molecule has 0 aromatic heterocycles. The van der Waals surface area contributed by atoms with Crippen LogP contribution in [0.25, 0.3) is 0 Å². The molecule has 170 valence electrons. The number of ether oxygens (including phenoxy) is 1. The van der Waals surface area contributed by atoms with Gasteiger partial charge in [-0.05, 0) is 12.8 Å². The summed E-state index contributed by atoms with van der Waals surface area (Å²) in [7, 11) is 0. The Kier molecular flexibility index (Phi) is 15.9. The van der Waals surface area contributed by atoms with Crippen LogP contribution in [0.3, 0.4) is 0 Å². The van der Waals surface area contributed by atoms with Gasteiger partial charge in [0.1, 0.15) is 0 Å². The molecule has 0 aromatic carbocycles. The number of hydrogen-bond donors (Lipinski definition) is 0. The molecule has 1 heterocycles. The quantitative estimate of drug-likeness (QED) is 0.177. The summed E-state index contributed by atoms with van der Waals surface area (Å²) in [4.78, 5) is 25.9. The van der Waals surface area contributed by atoms with Crippen LogP contribution in [0.1, 0.15) is 123 Å². The fourth-order valence-electron chi connectivity index (χ4n) is 4.08. The molecule has 0 spiro atoms. The number of likely N-dealkylation sites (tertiary alicyclic amines) is 1. The average molecular weight is 410 g/mol. The molecule has 0 N–H and O–H groups in total. The highest BCUT2D eigenvalue weighted by Gasteiger charge is 2.34. The lowest BCUT2D eigenvalue weighted by molar-refractivity contribution is -0.148. The van der Waals surface area contributed by atoms with E-state index in [1.54, 1.807) is 0 Å². The number of esters is 1. The van der Waals surface area contributed by atoms with Crippen molar-refractivity contribution in [3.05, 3.63) is 0 Å². The van der Waals surface area contributed by atoms with E-state index in [9.17, 15) is 9.59 Å². The van der Waals surface area contributed by atoms with Gasteiger partial charge in [-0.2, -0.15) is 0 Å². The number of nitrogens with zero attached hydrogens (tertiary/aromatic N) is 1. The van der Waals surface area contributed by atoms with E-state index >= 15 is 0 Å². The minimum atomic E-state index is -0.244. The largest absolute Gasteiger partial charge is 0.465 e. The van der Waals surface area contributed by atoms with E-state index in [1.165, 1.54) is 77.0 Å². The van der Waals surface area contributed by atoms with Crippen molar-refractivity contribution >= 4 is 11.9 Å². The molecule has 1 unspecified atom stereocenters. The van der Waals surface area contributed by atoms with Crippen LogP contribution in [0, 0.1) is 5.92 Å². The van der Waals surface area contributed by atoms with Gasteiger partial charge in [0.15, 0.2) is 0 Å². The molecule has 0 radical (unpaired) electrons. The van der Waals surface area contributed by atoms with E-state index in [0.717, 1.165) is 32.2 Å². The zero-order valence-corrected chi connectivity index (χ0v) is 19.4. The first kappa shape index (κ1) is 26.0. The molecule has 1 fully saturated rings. The van der Waals surface area contributed by atoms with Crippen LogP contribution >= 0.6 is 0 Å². The maximum absolute atomic E-state index is 12.1. The average Bonchev–Trinajstić information content (AvgIpc) is 3.09. The number of amides is 1. The highest BCUT2D eigenvalue weighted by molar-refractivity contribution is 5.86. The molecule has 0 bridgehead atoms. The lowest BCUT2D eigenvalue weighted by atomic mass is 10.0. The van der Waals surface area contributed by atoms with Gasteiger partial charge in [-0.15, -0.1) is 0 Å². The Hall–Kier alpha value is -1.06. The maximum atomic E-state index is 12.1. The molecular weight excluding hydrogens is 362 g/mol. The Bertz CT molecular complexity index is 424. The van der Waals surface area contributed by atoms with Crippen LogP contribution in [0.2, 0.25) is 0 Å². The third kappa shape index (κ3) is 13.0. The van der Waals surface area contributed by atoms with Gasteiger partial charge in [-0.3, -0.25) is 9.59 Å². The van der Waals surface area contributed by atoms with Crippen molar-refractivity contribution in [1.82, 2.24) is 4.90 Å². The van der Waals surface area contributed by atoms with Crippen LogP contribution in [0.15, 0.2) is 0 Å². The van der Waals surface area contributed by atoms with E-state index in [2.05, 4.69) is 13.8 Å². The van der Waals surface area contributed by atoms with E-state index < -0.39 is 0 Å². The van der Waals surface area contributed by atoms with Gasteiger partial charge in [-0.1, -0.05) is 104 Å². The zero-order chi connectivity index (χ0) is 21.2. The van der Waals surface area contributed by atoms with Gasteiger partial charge in [0.2, 0.25) is 5.91 Å². The predicted molar refractivity (Wildman–Crippen MR) is 121 cm³/mol. The van der Waals surface area contributed by atoms with Gasteiger partial charge in [0.25, 0.3) is 0 Å². The van der Waals surface area contributed by atoms with Gasteiger partial charge in [-0.25, -0.2) is 0 Å². The van der Waals surface area contributed by atoms with Gasteiger partial charge in [0.05, 0.1) is 12.5 Å². The molecule has 4 heteroatoms. The second kappa shape index (κ2) is 17.8. The fraction of sp³-hybridized carbons (Fsp3) is 0.920. The van der Waals surface area contributed by atoms with Crippen molar-refractivity contribution in [3.63, 3.8) is 0 Å². The van der Waals surface area contributed by atoms with Crippen LogP contribution in [-0.2, 0) is 14.3 Å². The first-order valence-electron chi connectivity index (χ1n) is 12.6. The van der Waals surface area contributed by atoms with Crippen LogP contribution in [-0.4, -0.2) is 36.5 Å². The SMILES string of the molecule is CCCCCCCCCCCCCCCCOC(=O)C1CC(=O)N(CCCC)C1. The van der Waals surface area contributed by atoms with Crippen molar-refractivity contribution < 1.29 is 14.3 Å². The second-order valence-corrected chi connectivity index (χ2v) is 8.86. The summed E-state index contributed by atoms with van der Waals surface area (Å²) in [5, 5.41) is 0. The molecule has 1 rings (SSSR count). The molecule has 1 aliphatic heterocycles. The number of rotatable bonds is 19. The smallest absolute Gasteiger partial charge is 0.311 e. The van der Waals surface area contributed by atoms with Crippen LogP contribution in [0.5, 0.6) is 0 Å². The lowest BCUT2D eigenvalue weighted by Crippen LogP contribution is -2.27. The number of unbranched alkanes of at least 4 members (excludes halogenated alkanes) is 14. The summed E-state index contributed by atoms with van der Waals surface area (Å²) >= 11 is 0. The van der Waals surface area contributed by atoms with E-state index in [0.29, 0.717) is 19.6 Å². The summed E-state index contributed by atoms with van der Waals surface area (Å²) in [5.74, 6) is -0.310. The monoisotopic (exact) mass is 409 g/mol. The van der Waals surface area contributed by atoms with Crippen molar-refractivity contribution in [2.45, 2.75) is 123 Å². The molecule has 0 aliphatic carbocycles. The summed E-state index contributed by atoms with van der Waals surface area (Å²) < 4.78 is 5.42. The van der Waals surface area contributed by atoms with Crippen molar-refractivity contribution in [2.24, 2.45) is 5.92 Å². The molecule has 4 nitrogen and oxygen atoms in total. The number of carbonyl (C=O) groups excluding carboxylic acids is 2. The minimum absolute atomic E-state index is 0.108. The Morgan fingerprint density at radius 3 is 1.79 bits per heavy atom. The first-order chi connectivity index (χ1) is 14.2. The summed E-state index contributed by atoms with van der Waals surface area (Å²) in [5.41, 5.74) is 0. The second-order valence-electron chi connectivity index (χ2n) is 8.86. The van der Waals surface area contributed by atoms with E-state index in [-0.39, 0.29) is 17.8 Å². The Balaban J connectivity index is 1.86. The van der Waals surface area contributed by atoms with Crippen molar-refractivity contribution in [3.8, 4) is 0 Å². The number of hydrogen-bond acceptors (Lipinski definition) is 3. The van der Waals surface area contributed by atoms with Gasteiger partial charge >= 0.3 is 5.97 Å². The molecule has 1 saturated heterocycles. The Labute approximate surface area is 180 Å². The van der Waals surface area contributed by atoms with Crippen molar-refractivity contribution in [1.29, 1.82) is 0 Å². The van der Waals surface area contributed by atoms with Gasteiger partial charge in [0, 0.05) is 19.5 Å². The molecule has 0 saturated carbocycles. The van der Waals surface area contributed by atoms with E-state index in [4.69, 9.17) is 4.74 Å². The predicted octanol–water partition coefficient (Wildman–Crippen LogP) is 6.66. The van der Waals surface area contributed by atoms with Gasteiger partial charge < -0.3 is 9.64 Å². The molecule has 1 atom stereocenters. The Morgan fingerprint density at radius 2 is 1.28 bits per heavy atom.